The van der Waals surface area contributed by atoms with Crippen molar-refractivity contribution in [2.45, 2.75) is 76.3 Å². The molecule has 1 saturated heterocycles. The summed E-state index contributed by atoms with van der Waals surface area (Å²) in [6.07, 6.45) is 15.0. The molecular formula is C25H34N2O3. The number of carboxylic acids is 1. The number of hydrogen-bond donors (Lipinski definition) is 3. The first kappa shape index (κ1) is 21.0. The number of aliphatic carboxylic acids is 1. The first-order valence-corrected chi connectivity index (χ1v) is 11.6. The summed E-state index contributed by atoms with van der Waals surface area (Å²) in [5, 5.41) is 16.5. The van der Waals surface area contributed by atoms with Crippen LogP contribution in [-0.2, 0) is 11.2 Å². The number of allylic oxidation sites excluding steroid dienone is 3. The number of rotatable bonds is 10. The number of ether oxygens (including phenoxy) is 1. The average molecular weight is 411 g/mol. The standard InChI is InChI=1S/C25H34N2O3/c28-24(29)17-20(21-10-9-18-13-15-30-23(18)16-21)6-3-1-2-4-8-22-12-11-19-7-5-14-26-25(19)27-22/h9-12,16,20,25-27H,1-8,13-15,17H2,(H,28,29)/t20-,25?/m0/s1. The third-order valence-electron chi connectivity index (χ3n) is 6.55. The molecule has 2 atom stereocenters. The number of carboxylic acid groups (broad SMARTS) is 1. The minimum absolute atomic E-state index is 0.0700. The largest absolute Gasteiger partial charge is 0.493 e. The van der Waals surface area contributed by atoms with Gasteiger partial charge in [0.25, 0.3) is 0 Å². The highest BCUT2D eigenvalue weighted by Gasteiger charge is 2.21. The van der Waals surface area contributed by atoms with Crippen LogP contribution in [0.15, 0.2) is 41.6 Å². The fraction of sp³-hybridized carbons (Fsp3) is 0.560. The number of nitrogens with one attached hydrogen (secondary N) is 2. The van der Waals surface area contributed by atoms with E-state index in [-0.39, 0.29) is 12.3 Å². The number of benzene rings is 1. The molecule has 0 amide bonds. The third-order valence-corrected chi connectivity index (χ3v) is 6.55. The van der Waals surface area contributed by atoms with Crippen LogP contribution in [0.25, 0.3) is 0 Å². The minimum atomic E-state index is -0.722. The zero-order chi connectivity index (χ0) is 20.8. The maximum Gasteiger partial charge on any atom is 0.303 e. The van der Waals surface area contributed by atoms with E-state index in [1.165, 1.54) is 42.5 Å². The molecule has 1 fully saturated rings. The Balaban J connectivity index is 1.20. The third kappa shape index (κ3) is 5.45. The van der Waals surface area contributed by atoms with Gasteiger partial charge >= 0.3 is 5.97 Å². The van der Waals surface area contributed by atoms with E-state index in [1.54, 1.807) is 0 Å². The van der Waals surface area contributed by atoms with Crippen molar-refractivity contribution in [3.8, 4) is 5.75 Å². The van der Waals surface area contributed by atoms with Crippen molar-refractivity contribution in [1.82, 2.24) is 10.6 Å². The lowest BCUT2D eigenvalue weighted by molar-refractivity contribution is -0.137. The Morgan fingerprint density at radius 1 is 1.17 bits per heavy atom. The first-order valence-electron chi connectivity index (χ1n) is 11.6. The van der Waals surface area contributed by atoms with Crippen LogP contribution in [0.4, 0.5) is 0 Å². The van der Waals surface area contributed by atoms with Gasteiger partial charge in [-0.1, -0.05) is 37.5 Å². The highest BCUT2D eigenvalue weighted by atomic mass is 16.5. The van der Waals surface area contributed by atoms with Crippen LogP contribution in [0, 0.1) is 0 Å². The molecule has 30 heavy (non-hydrogen) atoms. The van der Waals surface area contributed by atoms with Crippen LogP contribution < -0.4 is 15.4 Å². The fourth-order valence-electron chi connectivity index (χ4n) is 4.83. The SMILES string of the molecule is O=C(O)C[C@H](CCCCCCC1=CC=C2CCCNC2N1)c1ccc2c(c1)OCC2. The normalized spacial score (nSPS) is 20.9. The lowest BCUT2D eigenvalue weighted by atomic mass is 9.89. The van der Waals surface area contributed by atoms with Gasteiger partial charge in [0.2, 0.25) is 0 Å². The summed E-state index contributed by atoms with van der Waals surface area (Å²) in [5.74, 6) is 0.293. The van der Waals surface area contributed by atoms with Crippen LogP contribution in [0.1, 0.15) is 74.8 Å². The Labute approximate surface area is 179 Å². The van der Waals surface area contributed by atoms with Gasteiger partial charge in [0.1, 0.15) is 5.75 Å². The Kier molecular flexibility index (Phi) is 7.11. The van der Waals surface area contributed by atoms with Gasteiger partial charge in [0.15, 0.2) is 0 Å². The zero-order valence-corrected chi connectivity index (χ0v) is 17.8. The predicted octanol–water partition coefficient (Wildman–Crippen LogP) is 4.64. The molecule has 0 aromatic heterocycles. The van der Waals surface area contributed by atoms with E-state index in [1.807, 2.05) is 0 Å². The van der Waals surface area contributed by atoms with E-state index in [0.29, 0.717) is 6.17 Å². The van der Waals surface area contributed by atoms with Crippen molar-refractivity contribution < 1.29 is 14.6 Å². The summed E-state index contributed by atoms with van der Waals surface area (Å²) in [6.45, 7) is 1.83. The van der Waals surface area contributed by atoms with Crippen molar-refractivity contribution in [2.75, 3.05) is 13.2 Å². The molecule has 3 aliphatic heterocycles. The summed E-state index contributed by atoms with van der Waals surface area (Å²) < 4.78 is 5.68. The molecule has 5 nitrogen and oxygen atoms in total. The second-order valence-electron chi connectivity index (χ2n) is 8.78. The predicted molar refractivity (Wildman–Crippen MR) is 119 cm³/mol. The van der Waals surface area contributed by atoms with Crippen molar-refractivity contribution in [3.05, 3.63) is 52.7 Å². The Bertz CT molecular complexity index is 815. The molecule has 3 N–H and O–H groups in total. The number of unbranched alkanes of at least 4 members (excludes halogenated alkanes) is 3. The first-order chi connectivity index (χ1) is 14.7. The molecule has 1 aromatic carbocycles. The second-order valence-corrected chi connectivity index (χ2v) is 8.78. The molecule has 1 aromatic rings. The van der Waals surface area contributed by atoms with Gasteiger partial charge in [-0.3, -0.25) is 10.1 Å². The molecule has 3 aliphatic rings. The number of carbonyl (C=O) groups is 1. The van der Waals surface area contributed by atoms with E-state index in [2.05, 4.69) is 41.0 Å². The molecule has 0 saturated carbocycles. The Hall–Kier alpha value is -2.27. The smallest absolute Gasteiger partial charge is 0.303 e. The average Bonchev–Trinajstić information content (AvgIpc) is 3.23. The molecule has 5 heteroatoms. The minimum Gasteiger partial charge on any atom is -0.493 e. The van der Waals surface area contributed by atoms with Crippen LogP contribution in [0.2, 0.25) is 0 Å². The Morgan fingerprint density at radius 2 is 2.07 bits per heavy atom. The molecular weight excluding hydrogens is 376 g/mol. The van der Waals surface area contributed by atoms with Gasteiger partial charge in [-0.15, -0.1) is 0 Å². The fourth-order valence-corrected chi connectivity index (χ4v) is 4.83. The molecule has 0 bridgehead atoms. The zero-order valence-electron chi connectivity index (χ0n) is 17.8. The molecule has 4 rings (SSSR count). The van der Waals surface area contributed by atoms with Crippen LogP contribution in [-0.4, -0.2) is 30.4 Å². The quantitative estimate of drug-likeness (QED) is 0.490. The van der Waals surface area contributed by atoms with Crippen molar-refractivity contribution >= 4 is 5.97 Å². The lowest BCUT2D eigenvalue weighted by Crippen LogP contribution is -2.47. The van der Waals surface area contributed by atoms with E-state index in [0.717, 1.165) is 56.6 Å². The molecule has 162 valence electrons. The second kappa shape index (κ2) is 10.2. The Morgan fingerprint density at radius 3 is 2.97 bits per heavy atom. The van der Waals surface area contributed by atoms with E-state index in [9.17, 15) is 9.90 Å². The summed E-state index contributed by atoms with van der Waals surface area (Å²) in [7, 11) is 0. The lowest BCUT2D eigenvalue weighted by Gasteiger charge is -2.32. The molecule has 0 spiro atoms. The van der Waals surface area contributed by atoms with E-state index >= 15 is 0 Å². The van der Waals surface area contributed by atoms with Crippen LogP contribution in [0.3, 0.4) is 0 Å². The summed E-state index contributed by atoms with van der Waals surface area (Å²) >= 11 is 0. The number of fused-ring (bicyclic) bond motifs is 2. The maximum absolute atomic E-state index is 11.4. The van der Waals surface area contributed by atoms with Crippen molar-refractivity contribution in [3.63, 3.8) is 0 Å². The number of hydrogen-bond acceptors (Lipinski definition) is 4. The molecule has 0 radical (unpaired) electrons. The maximum atomic E-state index is 11.4. The number of piperidine rings is 1. The van der Waals surface area contributed by atoms with Gasteiger partial charge < -0.3 is 15.2 Å². The summed E-state index contributed by atoms with van der Waals surface area (Å²) in [6, 6.07) is 6.28. The monoisotopic (exact) mass is 410 g/mol. The van der Waals surface area contributed by atoms with Gasteiger partial charge in [-0.05, 0) is 73.4 Å². The summed E-state index contributed by atoms with van der Waals surface area (Å²) in [4.78, 5) is 11.4. The summed E-state index contributed by atoms with van der Waals surface area (Å²) in [5.41, 5.74) is 5.16. The molecule has 1 unspecified atom stereocenters. The highest BCUT2D eigenvalue weighted by molar-refractivity contribution is 5.68. The van der Waals surface area contributed by atoms with Crippen LogP contribution in [0.5, 0.6) is 5.75 Å². The molecule has 0 aliphatic carbocycles. The topological polar surface area (TPSA) is 70.6 Å². The molecule has 3 heterocycles. The number of dihydropyridines is 1. The van der Waals surface area contributed by atoms with Gasteiger partial charge in [-0.2, -0.15) is 0 Å². The van der Waals surface area contributed by atoms with Crippen LogP contribution >= 0.6 is 0 Å². The van der Waals surface area contributed by atoms with Gasteiger partial charge in [-0.25, -0.2) is 0 Å². The van der Waals surface area contributed by atoms with Gasteiger partial charge in [0.05, 0.1) is 19.2 Å². The van der Waals surface area contributed by atoms with Crippen molar-refractivity contribution in [2.24, 2.45) is 0 Å². The van der Waals surface area contributed by atoms with E-state index in [4.69, 9.17) is 4.74 Å². The van der Waals surface area contributed by atoms with E-state index < -0.39 is 5.97 Å². The highest BCUT2D eigenvalue weighted by Crippen LogP contribution is 2.33. The van der Waals surface area contributed by atoms with Crippen molar-refractivity contribution in [1.29, 1.82) is 0 Å². The van der Waals surface area contributed by atoms with Gasteiger partial charge in [0, 0.05) is 12.1 Å².